The van der Waals surface area contributed by atoms with Gasteiger partial charge in [0.1, 0.15) is 12.6 Å². The van der Waals surface area contributed by atoms with Gasteiger partial charge >= 0.3 is 0 Å². The molecule has 0 heterocycles. The molecule has 0 saturated carbocycles. The van der Waals surface area contributed by atoms with Crippen LogP contribution < -0.4 is 9.62 Å². The van der Waals surface area contributed by atoms with Gasteiger partial charge in [-0.15, -0.1) is 0 Å². The molecule has 1 N–H and O–H groups in total. The van der Waals surface area contributed by atoms with Crippen LogP contribution >= 0.6 is 23.2 Å². The number of anilines is 1. The van der Waals surface area contributed by atoms with Gasteiger partial charge in [-0.2, -0.15) is 0 Å². The van der Waals surface area contributed by atoms with E-state index in [1.807, 2.05) is 0 Å². The van der Waals surface area contributed by atoms with Crippen LogP contribution in [0.1, 0.15) is 12.5 Å². The van der Waals surface area contributed by atoms with E-state index in [0.717, 1.165) is 16.4 Å². The number of nitrogens with one attached hydrogen (secondary N) is 1. The van der Waals surface area contributed by atoms with Crippen LogP contribution in [0.5, 0.6) is 0 Å². The first-order valence-electron chi connectivity index (χ1n) is 11.2. The van der Waals surface area contributed by atoms with Crippen LogP contribution in [0, 0.1) is 10.1 Å². The van der Waals surface area contributed by atoms with Crippen LogP contribution in [0.4, 0.5) is 11.4 Å². The first-order valence-corrected chi connectivity index (χ1v) is 13.4. The average Bonchev–Trinajstić information content (AvgIpc) is 2.91. The minimum atomic E-state index is -4.29. The summed E-state index contributed by atoms with van der Waals surface area (Å²) in [7, 11) is -2.88. The maximum absolute atomic E-state index is 13.7. The zero-order valence-electron chi connectivity index (χ0n) is 20.4. The van der Waals surface area contributed by atoms with E-state index < -0.39 is 39.3 Å². The Morgan fingerprint density at radius 3 is 2.08 bits per heavy atom. The van der Waals surface area contributed by atoms with Crippen molar-refractivity contribution in [3.8, 4) is 0 Å². The monoisotopic (exact) mass is 578 g/mol. The second kappa shape index (κ2) is 12.2. The number of amides is 2. The highest BCUT2D eigenvalue weighted by molar-refractivity contribution is 7.92. The molecule has 0 aliphatic heterocycles. The Bertz CT molecular complexity index is 1420. The van der Waals surface area contributed by atoms with Gasteiger partial charge in [0.25, 0.3) is 15.7 Å². The molecule has 10 nitrogen and oxygen atoms in total. The van der Waals surface area contributed by atoms with Gasteiger partial charge in [0.05, 0.1) is 15.5 Å². The number of nitro groups is 1. The minimum Gasteiger partial charge on any atom is -0.357 e. The number of sulfonamides is 1. The number of hydrogen-bond acceptors (Lipinski definition) is 6. The highest BCUT2D eigenvalue weighted by atomic mass is 35.5. The molecule has 13 heteroatoms. The molecule has 2 amide bonds. The van der Waals surface area contributed by atoms with E-state index in [-0.39, 0.29) is 32.9 Å². The molecule has 3 aromatic rings. The molecular formula is C25H24Cl2N4O6S. The number of halogens is 2. The van der Waals surface area contributed by atoms with Crippen LogP contribution in [0.25, 0.3) is 0 Å². The van der Waals surface area contributed by atoms with Gasteiger partial charge in [0, 0.05) is 41.3 Å². The number of non-ortho nitro benzene ring substituents is 1. The average molecular weight is 579 g/mol. The number of nitro benzene ring substituents is 1. The number of rotatable bonds is 10. The second-order valence-corrected chi connectivity index (χ2v) is 10.8. The molecule has 1 atom stereocenters. The summed E-state index contributed by atoms with van der Waals surface area (Å²) in [4.78, 5) is 37.8. The Labute approximate surface area is 230 Å². The fourth-order valence-corrected chi connectivity index (χ4v) is 5.59. The summed E-state index contributed by atoms with van der Waals surface area (Å²) in [6.07, 6.45) is 0. The fraction of sp³-hybridized carbons (Fsp3) is 0.200. The zero-order chi connectivity index (χ0) is 28.0. The summed E-state index contributed by atoms with van der Waals surface area (Å²) in [5, 5.41) is 14.1. The van der Waals surface area contributed by atoms with Crippen LogP contribution in [0.15, 0.2) is 77.7 Å². The lowest BCUT2D eigenvalue weighted by molar-refractivity contribution is -0.384. The van der Waals surface area contributed by atoms with E-state index in [9.17, 15) is 28.1 Å². The lowest BCUT2D eigenvalue weighted by atomic mass is 10.1. The van der Waals surface area contributed by atoms with Gasteiger partial charge in [0.15, 0.2) is 0 Å². The predicted octanol–water partition coefficient (Wildman–Crippen LogP) is 4.26. The van der Waals surface area contributed by atoms with Crippen LogP contribution in [-0.2, 0) is 26.2 Å². The Balaban J connectivity index is 2.07. The fourth-order valence-electron chi connectivity index (χ4n) is 3.63. The van der Waals surface area contributed by atoms with Crippen LogP contribution in [-0.4, -0.2) is 49.7 Å². The third-order valence-electron chi connectivity index (χ3n) is 5.76. The lowest BCUT2D eigenvalue weighted by Gasteiger charge is -2.32. The van der Waals surface area contributed by atoms with Gasteiger partial charge in [-0.05, 0) is 43.3 Å². The molecule has 0 spiro atoms. The van der Waals surface area contributed by atoms with Crippen molar-refractivity contribution in [2.75, 3.05) is 17.9 Å². The van der Waals surface area contributed by atoms with E-state index in [4.69, 9.17) is 23.2 Å². The molecule has 0 unspecified atom stereocenters. The van der Waals surface area contributed by atoms with E-state index in [1.165, 1.54) is 55.3 Å². The van der Waals surface area contributed by atoms with E-state index in [2.05, 4.69) is 5.32 Å². The predicted molar refractivity (Wildman–Crippen MR) is 145 cm³/mol. The smallest absolute Gasteiger partial charge is 0.269 e. The first-order chi connectivity index (χ1) is 18.0. The number of carbonyl (C=O) groups is 2. The van der Waals surface area contributed by atoms with Gasteiger partial charge < -0.3 is 10.2 Å². The Morgan fingerprint density at radius 1 is 0.974 bits per heavy atom. The quantitative estimate of drug-likeness (QED) is 0.282. The van der Waals surface area contributed by atoms with Gasteiger partial charge in [-0.25, -0.2) is 8.42 Å². The Kier molecular flexibility index (Phi) is 9.31. The third-order valence-corrected chi connectivity index (χ3v) is 8.26. The highest BCUT2D eigenvalue weighted by Crippen LogP contribution is 2.29. The summed E-state index contributed by atoms with van der Waals surface area (Å²) < 4.78 is 28.1. The van der Waals surface area contributed by atoms with Crippen molar-refractivity contribution >= 4 is 56.4 Å². The summed E-state index contributed by atoms with van der Waals surface area (Å²) in [5.41, 5.74) is 0.157. The number of hydrogen-bond donors (Lipinski definition) is 1. The van der Waals surface area contributed by atoms with Crippen molar-refractivity contribution in [2.45, 2.75) is 24.4 Å². The SMILES string of the molecule is CNC(=O)[C@@H](C)N(Cc1c(Cl)cccc1Cl)C(=O)CN(c1ccc([N+](=O)[O-])cc1)S(=O)(=O)c1ccccc1. The lowest BCUT2D eigenvalue weighted by Crippen LogP contribution is -2.50. The number of nitrogens with zero attached hydrogens (tertiary/aromatic N) is 3. The molecule has 0 fully saturated rings. The van der Waals surface area contributed by atoms with E-state index in [0.29, 0.717) is 5.56 Å². The van der Waals surface area contributed by atoms with Crippen LogP contribution in [0.3, 0.4) is 0 Å². The zero-order valence-corrected chi connectivity index (χ0v) is 22.7. The molecule has 0 saturated heterocycles. The molecule has 3 rings (SSSR count). The van der Waals surface area contributed by atoms with E-state index >= 15 is 0 Å². The van der Waals surface area contributed by atoms with Gasteiger partial charge in [-0.1, -0.05) is 47.5 Å². The summed E-state index contributed by atoms with van der Waals surface area (Å²) in [5.74, 6) is -1.22. The molecule has 0 bridgehead atoms. The largest absolute Gasteiger partial charge is 0.357 e. The Morgan fingerprint density at radius 2 is 1.55 bits per heavy atom. The summed E-state index contributed by atoms with van der Waals surface area (Å²) >= 11 is 12.6. The molecule has 0 radical (unpaired) electrons. The molecule has 0 aliphatic rings. The number of carbonyl (C=O) groups excluding carboxylic acids is 2. The van der Waals surface area contributed by atoms with Crippen molar-refractivity contribution in [1.82, 2.24) is 10.2 Å². The molecular weight excluding hydrogens is 555 g/mol. The number of likely N-dealkylation sites (N-methyl/N-ethyl adjacent to an activating group) is 1. The molecule has 0 aliphatic carbocycles. The first kappa shape index (κ1) is 28.9. The van der Waals surface area contributed by atoms with Gasteiger partial charge in [-0.3, -0.25) is 24.0 Å². The third kappa shape index (κ3) is 6.42. The molecule has 38 heavy (non-hydrogen) atoms. The molecule has 200 valence electrons. The van der Waals surface area contributed by atoms with Crippen molar-refractivity contribution < 1.29 is 22.9 Å². The van der Waals surface area contributed by atoms with Crippen molar-refractivity contribution in [1.29, 1.82) is 0 Å². The normalized spacial score (nSPS) is 11.9. The van der Waals surface area contributed by atoms with Crippen LogP contribution in [0.2, 0.25) is 10.0 Å². The maximum atomic E-state index is 13.7. The Hall–Kier alpha value is -3.67. The molecule has 0 aromatic heterocycles. The standard InChI is InChI=1S/C25H24Cl2N4O6S/c1-17(25(33)28-2)29(15-21-22(26)9-6-10-23(21)27)24(32)16-30(18-11-13-19(14-12-18)31(34)35)38(36,37)20-7-4-3-5-8-20/h3-14,17H,15-16H2,1-2H3,(H,28,33)/t17-/m1/s1. The minimum absolute atomic E-state index is 0.0242. The topological polar surface area (TPSA) is 130 Å². The van der Waals surface area contributed by atoms with E-state index in [1.54, 1.807) is 24.3 Å². The maximum Gasteiger partial charge on any atom is 0.269 e. The highest BCUT2D eigenvalue weighted by Gasteiger charge is 2.33. The summed E-state index contributed by atoms with van der Waals surface area (Å²) in [6, 6.07) is 16.0. The van der Waals surface area contributed by atoms with Crippen molar-refractivity contribution in [3.05, 3.63) is 98.5 Å². The van der Waals surface area contributed by atoms with Crippen molar-refractivity contribution in [3.63, 3.8) is 0 Å². The van der Waals surface area contributed by atoms with Crippen molar-refractivity contribution in [2.24, 2.45) is 0 Å². The molecule has 3 aromatic carbocycles. The number of benzene rings is 3. The summed E-state index contributed by atoms with van der Waals surface area (Å²) in [6.45, 7) is 0.604. The second-order valence-electron chi connectivity index (χ2n) is 8.11. The van der Waals surface area contributed by atoms with Gasteiger partial charge in [0.2, 0.25) is 11.8 Å².